The smallest absolute Gasteiger partial charge is 0.123 e. The number of nitriles is 1. The largest absolute Gasteiger partial charge is 0.493 e. The fourth-order valence-corrected chi connectivity index (χ4v) is 2.21. The Balaban J connectivity index is 2.68. The van der Waals surface area contributed by atoms with E-state index in [1.165, 1.54) is 11.1 Å². The lowest BCUT2D eigenvalue weighted by Gasteiger charge is -2.24. The summed E-state index contributed by atoms with van der Waals surface area (Å²) in [6, 6.07) is 8.68. The first-order valence-corrected chi connectivity index (χ1v) is 7.56. The Morgan fingerprint density at radius 1 is 1.24 bits per heavy atom. The van der Waals surface area contributed by atoms with Crippen molar-refractivity contribution >= 4 is 0 Å². The lowest BCUT2D eigenvalue weighted by Crippen LogP contribution is -2.38. The molecule has 1 aromatic carbocycles. The first-order chi connectivity index (χ1) is 9.72. The Labute approximate surface area is 129 Å². The Morgan fingerprint density at radius 2 is 1.90 bits per heavy atom. The third-order valence-corrected chi connectivity index (χ3v) is 3.82. The molecule has 21 heavy (non-hydrogen) atoms. The second-order valence-electron chi connectivity index (χ2n) is 6.90. The first kappa shape index (κ1) is 17.5. The second kappa shape index (κ2) is 6.95. The lowest BCUT2D eigenvalue weighted by molar-refractivity contribution is 0.282. The molecule has 1 atom stereocenters. The van der Waals surface area contributed by atoms with Crippen LogP contribution in [0, 0.1) is 18.3 Å². The molecule has 0 heterocycles. The van der Waals surface area contributed by atoms with Gasteiger partial charge in [0.25, 0.3) is 0 Å². The van der Waals surface area contributed by atoms with E-state index in [1.807, 2.05) is 14.0 Å². The van der Waals surface area contributed by atoms with Gasteiger partial charge in [-0.25, -0.2) is 0 Å². The molecule has 0 bridgehead atoms. The molecule has 0 fully saturated rings. The van der Waals surface area contributed by atoms with Crippen molar-refractivity contribution in [2.24, 2.45) is 0 Å². The molecule has 0 saturated heterocycles. The quantitative estimate of drug-likeness (QED) is 0.806. The maximum atomic E-state index is 9.14. The number of benzene rings is 1. The fourth-order valence-electron chi connectivity index (χ4n) is 2.21. The van der Waals surface area contributed by atoms with Crippen molar-refractivity contribution in [3.63, 3.8) is 0 Å². The average Bonchev–Trinajstić information content (AvgIpc) is 2.42. The van der Waals surface area contributed by atoms with Gasteiger partial charge in [-0.3, -0.25) is 0 Å². The van der Waals surface area contributed by atoms with E-state index in [9.17, 15) is 0 Å². The van der Waals surface area contributed by atoms with Crippen molar-refractivity contribution < 1.29 is 4.74 Å². The highest BCUT2D eigenvalue weighted by Gasteiger charge is 2.21. The topological polar surface area (TPSA) is 45.0 Å². The standard InChI is InChI=1S/C18H28N2O/c1-14-8-9-15(17(2,3)4)16(12-14)21-11-7-10-18(5,13-19)20-6/h8-9,12,20H,7,10-11H2,1-6H3. The van der Waals surface area contributed by atoms with Crippen molar-refractivity contribution in [2.45, 2.75) is 58.4 Å². The summed E-state index contributed by atoms with van der Waals surface area (Å²) in [6.07, 6.45) is 1.62. The van der Waals surface area contributed by atoms with Crippen LogP contribution in [0.5, 0.6) is 5.75 Å². The van der Waals surface area contributed by atoms with Gasteiger partial charge in [-0.15, -0.1) is 0 Å². The van der Waals surface area contributed by atoms with E-state index in [0.29, 0.717) is 6.61 Å². The molecule has 0 aliphatic heterocycles. The number of hydrogen-bond acceptors (Lipinski definition) is 3. The minimum Gasteiger partial charge on any atom is -0.493 e. The maximum absolute atomic E-state index is 9.14. The summed E-state index contributed by atoms with van der Waals surface area (Å²) in [7, 11) is 1.82. The number of hydrogen-bond donors (Lipinski definition) is 1. The molecule has 0 saturated carbocycles. The zero-order valence-electron chi connectivity index (χ0n) is 14.2. The highest BCUT2D eigenvalue weighted by atomic mass is 16.5. The number of nitrogens with one attached hydrogen (secondary N) is 1. The molecule has 1 rings (SSSR count). The number of ether oxygens (including phenoxy) is 1. The fraction of sp³-hybridized carbons (Fsp3) is 0.611. The van der Waals surface area contributed by atoms with Crippen LogP contribution in [0.1, 0.15) is 51.7 Å². The maximum Gasteiger partial charge on any atom is 0.123 e. The SMILES string of the molecule is CNC(C)(C#N)CCCOc1cc(C)ccc1C(C)(C)C. The molecular formula is C18H28N2O. The van der Waals surface area contributed by atoms with Crippen LogP contribution in [-0.2, 0) is 5.41 Å². The normalized spacial score (nSPS) is 14.3. The molecule has 0 aliphatic rings. The monoisotopic (exact) mass is 288 g/mol. The second-order valence-corrected chi connectivity index (χ2v) is 6.90. The molecule has 0 radical (unpaired) electrons. The van der Waals surface area contributed by atoms with Gasteiger partial charge < -0.3 is 10.1 Å². The Morgan fingerprint density at radius 3 is 2.43 bits per heavy atom. The predicted octanol–water partition coefficient (Wildman–Crippen LogP) is 3.95. The molecule has 116 valence electrons. The van der Waals surface area contributed by atoms with Gasteiger partial charge in [0.05, 0.1) is 12.7 Å². The lowest BCUT2D eigenvalue weighted by atomic mass is 9.86. The zero-order chi connectivity index (χ0) is 16.1. The number of aryl methyl sites for hydroxylation is 1. The summed E-state index contributed by atoms with van der Waals surface area (Å²) in [5, 5.41) is 12.2. The number of rotatable bonds is 6. The van der Waals surface area contributed by atoms with Gasteiger partial charge in [0, 0.05) is 0 Å². The van der Waals surface area contributed by atoms with Gasteiger partial charge in [0.2, 0.25) is 0 Å². The van der Waals surface area contributed by atoms with E-state index in [-0.39, 0.29) is 5.41 Å². The molecule has 0 aliphatic carbocycles. The van der Waals surface area contributed by atoms with E-state index in [2.05, 4.69) is 57.3 Å². The molecule has 3 nitrogen and oxygen atoms in total. The molecule has 0 amide bonds. The summed E-state index contributed by atoms with van der Waals surface area (Å²) in [6.45, 7) is 11.2. The van der Waals surface area contributed by atoms with Gasteiger partial charge >= 0.3 is 0 Å². The van der Waals surface area contributed by atoms with Crippen LogP contribution in [0.25, 0.3) is 0 Å². The molecule has 1 N–H and O–H groups in total. The van der Waals surface area contributed by atoms with Crippen LogP contribution < -0.4 is 10.1 Å². The summed E-state index contributed by atoms with van der Waals surface area (Å²) < 4.78 is 5.99. The number of nitrogens with zero attached hydrogens (tertiary/aromatic N) is 1. The molecule has 0 spiro atoms. The van der Waals surface area contributed by atoms with Crippen LogP contribution in [0.15, 0.2) is 18.2 Å². The van der Waals surface area contributed by atoms with E-state index < -0.39 is 5.54 Å². The van der Waals surface area contributed by atoms with E-state index in [1.54, 1.807) is 0 Å². The highest BCUT2D eigenvalue weighted by Crippen LogP contribution is 2.32. The van der Waals surface area contributed by atoms with Crippen molar-refractivity contribution in [3.05, 3.63) is 29.3 Å². The molecule has 3 heteroatoms. The van der Waals surface area contributed by atoms with Crippen LogP contribution in [-0.4, -0.2) is 19.2 Å². The Bertz CT molecular complexity index is 511. The van der Waals surface area contributed by atoms with Crippen molar-refractivity contribution in [2.75, 3.05) is 13.7 Å². The van der Waals surface area contributed by atoms with Gasteiger partial charge in [0.1, 0.15) is 11.3 Å². The molecular weight excluding hydrogens is 260 g/mol. The van der Waals surface area contributed by atoms with Crippen LogP contribution in [0.4, 0.5) is 0 Å². The highest BCUT2D eigenvalue weighted by molar-refractivity contribution is 5.41. The molecule has 0 aromatic heterocycles. The molecule has 1 unspecified atom stereocenters. The van der Waals surface area contributed by atoms with Gasteiger partial charge in [-0.1, -0.05) is 32.9 Å². The van der Waals surface area contributed by atoms with Crippen molar-refractivity contribution in [1.29, 1.82) is 5.26 Å². The minimum absolute atomic E-state index is 0.0647. The van der Waals surface area contributed by atoms with Crippen LogP contribution >= 0.6 is 0 Å². The summed E-state index contributed by atoms with van der Waals surface area (Å²) >= 11 is 0. The van der Waals surface area contributed by atoms with E-state index in [0.717, 1.165) is 18.6 Å². The third kappa shape index (κ3) is 5.06. The summed E-state index contributed by atoms with van der Waals surface area (Å²) in [4.78, 5) is 0. The van der Waals surface area contributed by atoms with E-state index >= 15 is 0 Å². The van der Waals surface area contributed by atoms with E-state index in [4.69, 9.17) is 10.00 Å². The van der Waals surface area contributed by atoms with Crippen molar-refractivity contribution in [1.82, 2.24) is 5.32 Å². The first-order valence-electron chi connectivity index (χ1n) is 7.56. The van der Waals surface area contributed by atoms with Crippen molar-refractivity contribution in [3.8, 4) is 11.8 Å². The summed E-state index contributed by atoms with van der Waals surface area (Å²) in [5.74, 6) is 0.964. The summed E-state index contributed by atoms with van der Waals surface area (Å²) in [5.41, 5.74) is 2.03. The van der Waals surface area contributed by atoms with Crippen LogP contribution in [0.2, 0.25) is 0 Å². The van der Waals surface area contributed by atoms with Gasteiger partial charge in [0.15, 0.2) is 0 Å². The van der Waals surface area contributed by atoms with Gasteiger partial charge in [-0.05, 0) is 56.3 Å². The zero-order valence-corrected chi connectivity index (χ0v) is 14.2. The Hall–Kier alpha value is -1.53. The average molecular weight is 288 g/mol. The Kier molecular flexibility index (Phi) is 5.80. The van der Waals surface area contributed by atoms with Crippen LogP contribution in [0.3, 0.4) is 0 Å². The minimum atomic E-state index is -0.469. The third-order valence-electron chi connectivity index (χ3n) is 3.82. The molecule has 1 aromatic rings. The predicted molar refractivity (Wildman–Crippen MR) is 87.7 cm³/mol. The van der Waals surface area contributed by atoms with Gasteiger partial charge in [-0.2, -0.15) is 5.26 Å².